The molecule has 26 heavy (non-hydrogen) atoms. The first-order valence-corrected chi connectivity index (χ1v) is 7.95. The molecule has 0 aromatic heterocycles. The first kappa shape index (κ1) is 19.2. The maximum absolute atomic E-state index is 12.5. The molecule has 0 saturated heterocycles. The summed E-state index contributed by atoms with van der Waals surface area (Å²) in [5.74, 6) is -1.21. The lowest BCUT2D eigenvalue weighted by Crippen LogP contribution is -2.25. The van der Waals surface area contributed by atoms with Crippen molar-refractivity contribution in [2.24, 2.45) is 0 Å². The molecule has 0 aliphatic rings. The number of phenolic OH excluding ortho intramolecular Hbond substituents is 1. The van der Waals surface area contributed by atoms with Crippen molar-refractivity contribution in [1.29, 1.82) is 0 Å². The molecule has 1 unspecified atom stereocenters. The Balaban J connectivity index is 2.02. The minimum absolute atomic E-state index is 0.0528. The highest BCUT2D eigenvalue weighted by Gasteiger charge is 2.18. The molecule has 0 spiro atoms. The second-order valence-electron chi connectivity index (χ2n) is 5.69. The summed E-state index contributed by atoms with van der Waals surface area (Å²) in [6.07, 6.45) is -1.09. The zero-order chi connectivity index (χ0) is 19.1. The molecule has 2 aromatic carbocycles. The fraction of sp³-hybridized carbons (Fsp3) is 0.200. The van der Waals surface area contributed by atoms with E-state index in [9.17, 15) is 19.8 Å². The van der Waals surface area contributed by atoms with Crippen molar-refractivity contribution in [2.75, 3.05) is 13.2 Å². The number of hydrogen-bond acceptors (Lipinski definition) is 6. The number of benzene rings is 2. The Morgan fingerprint density at radius 1 is 1.08 bits per heavy atom. The second kappa shape index (κ2) is 8.82. The Bertz CT molecular complexity index is 797. The molecular weight excluding hydrogens is 336 g/mol. The lowest BCUT2D eigenvalue weighted by atomic mass is 10.0. The first-order valence-electron chi connectivity index (χ1n) is 7.95. The Morgan fingerprint density at radius 3 is 2.42 bits per heavy atom. The third-order valence-electron chi connectivity index (χ3n) is 3.47. The number of ether oxygens (including phenoxy) is 2. The number of ketones is 1. The number of carbonyl (C=O) groups is 2. The molecule has 0 amide bonds. The van der Waals surface area contributed by atoms with E-state index >= 15 is 0 Å². The molecule has 2 rings (SSSR count). The van der Waals surface area contributed by atoms with E-state index in [0.29, 0.717) is 5.56 Å². The summed E-state index contributed by atoms with van der Waals surface area (Å²) >= 11 is 0. The van der Waals surface area contributed by atoms with E-state index in [1.54, 1.807) is 36.4 Å². The molecule has 0 heterocycles. The lowest BCUT2D eigenvalue weighted by molar-refractivity contribution is -0.142. The molecule has 6 heteroatoms. The van der Waals surface area contributed by atoms with E-state index in [2.05, 4.69) is 6.58 Å². The first-order chi connectivity index (χ1) is 12.4. The highest BCUT2D eigenvalue weighted by Crippen LogP contribution is 2.31. The van der Waals surface area contributed by atoms with Gasteiger partial charge in [0.05, 0.1) is 5.56 Å². The average molecular weight is 356 g/mol. The van der Waals surface area contributed by atoms with Crippen LogP contribution in [-0.4, -0.2) is 41.3 Å². The Morgan fingerprint density at radius 2 is 1.77 bits per heavy atom. The normalized spacial score (nSPS) is 11.5. The number of phenols is 1. The topological polar surface area (TPSA) is 93.1 Å². The molecule has 2 aromatic rings. The number of aliphatic hydroxyl groups is 1. The van der Waals surface area contributed by atoms with Crippen LogP contribution >= 0.6 is 0 Å². The molecule has 2 N–H and O–H groups in total. The zero-order valence-electron chi connectivity index (χ0n) is 14.3. The summed E-state index contributed by atoms with van der Waals surface area (Å²) in [6, 6.07) is 13.1. The molecule has 6 nitrogen and oxygen atoms in total. The summed E-state index contributed by atoms with van der Waals surface area (Å²) in [6.45, 7) is 4.44. The Kier molecular flexibility index (Phi) is 6.52. The quantitative estimate of drug-likeness (QED) is 0.429. The van der Waals surface area contributed by atoms with Crippen molar-refractivity contribution in [3.63, 3.8) is 0 Å². The van der Waals surface area contributed by atoms with Crippen LogP contribution in [-0.2, 0) is 9.53 Å². The molecule has 0 bridgehead atoms. The largest absolute Gasteiger partial charge is 0.504 e. The fourth-order valence-corrected chi connectivity index (χ4v) is 2.10. The van der Waals surface area contributed by atoms with E-state index in [-0.39, 0.29) is 41.6 Å². The summed E-state index contributed by atoms with van der Waals surface area (Å²) in [4.78, 5) is 23.7. The van der Waals surface area contributed by atoms with Gasteiger partial charge in [-0.15, -0.1) is 0 Å². The van der Waals surface area contributed by atoms with E-state index in [1.807, 2.05) is 0 Å². The van der Waals surface area contributed by atoms with Crippen molar-refractivity contribution < 1.29 is 29.3 Å². The minimum Gasteiger partial charge on any atom is -0.504 e. The van der Waals surface area contributed by atoms with Crippen molar-refractivity contribution >= 4 is 11.8 Å². The summed E-state index contributed by atoms with van der Waals surface area (Å²) in [5.41, 5.74) is 0.756. The molecule has 136 valence electrons. The van der Waals surface area contributed by atoms with Gasteiger partial charge in [-0.25, -0.2) is 4.79 Å². The third kappa shape index (κ3) is 4.94. The fourth-order valence-electron chi connectivity index (χ4n) is 2.10. The number of hydrogen-bond donors (Lipinski definition) is 2. The Hall–Kier alpha value is -3.12. The van der Waals surface area contributed by atoms with Crippen LogP contribution in [0.4, 0.5) is 0 Å². The third-order valence-corrected chi connectivity index (χ3v) is 3.47. The summed E-state index contributed by atoms with van der Waals surface area (Å²) in [5, 5.41) is 20.1. The van der Waals surface area contributed by atoms with E-state index in [0.717, 1.165) is 0 Å². The number of aliphatic hydroxyl groups excluding tert-OH is 1. The summed E-state index contributed by atoms with van der Waals surface area (Å²) in [7, 11) is 0. The number of carbonyl (C=O) groups excluding carboxylic acids is 2. The van der Waals surface area contributed by atoms with Gasteiger partial charge in [0.2, 0.25) is 0 Å². The molecule has 0 fully saturated rings. The average Bonchev–Trinajstić information content (AvgIpc) is 2.65. The van der Waals surface area contributed by atoms with Gasteiger partial charge in [0.25, 0.3) is 0 Å². The van der Waals surface area contributed by atoms with Crippen LogP contribution in [0.5, 0.6) is 11.5 Å². The maximum atomic E-state index is 12.5. The van der Waals surface area contributed by atoms with Crippen LogP contribution in [0.15, 0.2) is 60.7 Å². The van der Waals surface area contributed by atoms with Gasteiger partial charge < -0.3 is 19.7 Å². The Labute approximate surface area is 151 Å². The molecule has 0 aliphatic carbocycles. The van der Waals surface area contributed by atoms with Gasteiger partial charge in [-0.2, -0.15) is 0 Å². The van der Waals surface area contributed by atoms with Gasteiger partial charge >= 0.3 is 5.97 Å². The van der Waals surface area contributed by atoms with Crippen LogP contribution < -0.4 is 4.74 Å². The van der Waals surface area contributed by atoms with Crippen molar-refractivity contribution in [3.8, 4) is 11.5 Å². The van der Waals surface area contributed by atoms with Crippen LogP contribution in [0.1, 0.15) is 22.8 Å². The maximum Gasteiger partial charge on any atom is 0.333 e. The number of para-hydroxylation sites is 1. The number of aromatic hydroxyl groups is 1. The van der Waals surface area contributed by atoms with E-state index in [4.69, 9.17) is 9.47 Å². The van der Waals surface area contributed by atoms with Crippen LogP contribution in [0.25, 0.3) is 0 Å². The minimum atomic E-state index is -1.09. The van der Waals surface area contributed by atoms with Gasteiger partial charge in [0.15, 0.2) is 17.3 Å². The number of rotatable bonds is 8. The van der Waals surface area contributed by atoms with Crippen molar-refractivity contribution in [1.82, 2.24) is 0 Å². The van der Waals surface area contributed by atoms with E-state index in [1.165, 1.54) is 19.1 Å². The monoisotopic (exact) mass is 356 g/mol. The van der Waals surface area contributed by atoms with Crippen molar-refractivity contribution in [3.05, 3.63) is 71.8 Å². The lowest BCUT2D eigenvalue weighted by Gasteiger charge is -2.14. The molecule has 0 radical (unpaired) electrons. The molecule has 0 saturated carbocycles. The zero-order valence-corrected chi connectivity index (χ0v) is 14.3. The van der Waals surface area contributed by atoms with Crippen LogP contribution in [0.2, 0.25) is 0 Å². The van der Waals surface area contributed by atoms with Gasteiger partial charge in [0, 0.05) is 11.1 Å². The van der Waals surface area contributed by atoms with Gasteiger partial charge in [-0.05, 0) is 19.1 Å². The predicted octanol–water partition coefficient (Wildman–Crippen LogP) is 2.48. The molecular formula is C20H20O6. The smallest absolute Gasteiger partial charge is 0.333 e. The highest BCUT2D eigenvalue weighted by molar-refractivity contribution is 6.11. The van der Waals surface area contributed by atoms with Crippen LogP contribution in [0, 0.1) is 0 Å². The predicted molar refractivity (Wildman–Crippen MR) is 95.3 cm³/mol. The summed E-state index contributed by atoms with van der Waals surface area (Å²) < 4.78 is 10.2. The standard InChI is InChI=1S/C20H20O6/c1-13(2)20(24)26-12-15(21)11-25-17-10-6-9-16(19(17)23)18(22)14-7-4-3-5-8-14/h3-10,15,21,23H,1,11-12H2,2H3. The van der Waals surface area contributed by atoms with E-state index < -0.39 is 12.1 Å². The second-order valence-corrected chi connectivity index (χ2v) is 5.69. The van der Waals surface area contributed by atoms with Gasteiger partial charge in [0.1, 0.15) is 19.3 Å². The molecule has 1 atom stereocenters. The highest BCUT2D eigenvalue weighted by atomic mass is 16.5. The SMILES string of the molecule is C=C(C)C(=O)OCC(O)COc1cccc(C(=O)c2ccccc2)c1O. The van der Waals surface area contributed by atoms with Gasteiger partial charge in [-0.3, -0.25) is 4.79 Å². The molecule has 0 aliphatic heterocycles. The van der Waals surface area contributed by atoms with Gasteiger partial charge in [-0.1, -0.05) is 43.0 Å². The van der Waals surface area contributed by atoms with Crippen molar-refractivity contribution in [2.45, 2.75) is 13.0 Å². The number of esters is 1. The van der Waals surface area contributed by atoms with Crippen LogP contribution in [0.3, 0.4) is 0 Å².